The Morgan fingerprint density at radius 2 is 0.0930 bits per heavy atom. The molecule has 0 aromatic heterocycles. The van der Waals surface area contributed by atoms with Gasteiger partial charge in [-0.3, -0.25) is 0 Å². The van der Waals surface area contributed by atoms with Crippen LogP contribution in [0.3, 0.4) is 0 Å². The van der Waals surface area contributed by atoms with E-state index in [1.54, 1.807) is 0 Å². The molecule has 25 heteroatoms. The van der Waals surface area contributed by atoms with Gasteiger partial charge in [-0.1, -0.05) is 0 Å². The Bertz CT molecular complexity index is 374. The predicted octanol–water partition coefficient (Wildman–Crippen LogP) is 1.72. The largest absolute Gasteiger partial charge is 0.181 e. The average molecular weight is 859 g/mol. The third kappa shape index (κ3) is 1410. The van der Waals surface area contributed by atoms with Crippen molar-refractivity contribution in [3.05, 3.63) is 118 Å². The summed E-state index contributed by atoms with van der Waals surface area (Å²) in [5.41, 5.74) is 0. The van der Waals surface area contributed by atoms with Crippen LogP contribution in [0.25, 0.3) is 0 Å². The van der Waals surface area contributed by atoms with Crippen LogP contribution in [0.2, 0.25) is 0 Å². The summed E-state index contributed by atoms with van der Waals surface area (Å²) in [6, 6.07) is 0. The fourth-order valence-corrected chi connectivity index (χ4v) is 0. The van der Waals surface area contributed by atoms with Crippen LogP contribution in [0.4, 0.5) is 0 Å². The Balaban J connectivity index is -0.00000000344. The summed E-state index contributed by atoms with van der Waals surface area (Å²) >= 11 is 0. The van der Waals surface area contributed by atoms with Gasteiger partial charge in [0.1, 0.15) is 0 Å². The Kier molecular flexibility index (Phi) is 11100. The summed E-state index contributed by atoms with van der Waals surface area (Å²) in [4.78, 5) is 0. The second-order valence-corrected chi connectivity index (χ2v) is 0. The van der Waals surface area contributed by atoms with Crippen LogP contribution in [0.15, 0.2) is 0 Å². The van der Waals surface area contributed by atoms with Crippen LogP contribution in [0.1, 0.15) is 0 Å². The molecule has 0 aliphatic rings. The molecule has 0 fully saturated rings. The second-order valence-electron chi connectivity index (χ2n) is 0. The average Bonchev–Trinajstić information content (AvgIpc) is 3.13. The van der Waals surface area contributed by atoms with Crippen molar-refractivity contribution in [3.63, 3.8) is 0 Å². The molecule has 0 heterocycles. The van der Waals surface area contributed by atoms with E-state index in [2.05, 4.69) is 0 Å². The number of hydrogen-bond acceptors (Lipinski definition) is 18. The smallest absolute Gasteiger partial charge is 0.181 e. The van der Waals surface area contributed by atoms with Gasteiger partial charge in [-0.25, -0.2) is 0 Å². The summed E-state index contributed by atoms with van der Waals surface area (Å²) in [6.07, 6.45) is 0. The molecule has 0 spiro atoms. The number of rotatable bonds is 0. The molecular weight excluding hydrogens is 859 g/mol. The van der Waals surface area contributed by atoms with E-state index >= 15 is 0 Å². The molecule has 0 N–H and O–H groups in total. The predicted molar refractivity (Wildman–Crippen MR) is 89.4 cm³/mol. The molecule has 0 unspecified atom stereocenters. The van der Waals surface area contributed by atoms with Crippen LogP contribution in [0, 0.1) is 213 Å². The van der Waals surface area contributed by atoms with E-state index in [0.29, 0.717) is 0 Å². The molecule has 0 saturated heterocycles. The van der Waals surface area contributed by atoms with Crippen molar-refractivity contribution < 1.29 is 119 Å². The fraction of sp³-hybridized carbons (Fsp3) is 0. The molecule has 18 radical (unpaired) electrons. The number of hydrogen-bond donors (Lipinski definition) is 0. The minimum Gasteiger partial charge on any atom is -0.181 e. The Morgan fingerprint density at radius 1 is 0.0930 bits per heavy atom. The van der Waals surface area contributed by atoms with Gasteiger partial charge in [0, 0.05) is 119 Å². The van der Waals surface area contributed by atoms with Crippen molar-refractivity contribution in [2.45, 2.75) is 0 Å². The minimum absolute atomic E-state index is 0. The first kappa shape index (κ1) is 321. The van der Waals surface area contributed by atoms with Gasteiger partial charge in [-0.2, -0.15) is 94.7 Å². The van der Waals surface area contributed by atoms with Crippen molar-refractivity contribution >= 4 is 0 Å². The van der Waals surface area contributed by atoms with Crippen molar-refractivity contribution in [3.8, 4) is 0 Å². The third-order valence-electron chi connectivity index (χ3n) is 0. The maximum absolute atomic E-state index is 6.25. The molecule has 18 nitrogen and oxygen atoms in total. The zero-order valence-corrected chi connectivity index (χ0v) is 27.3. The molecule has 0 aromatic carbocycles. The molecule has 218 valence electrons. The summed E-state index contributed by atoms with van der Waals surface area (Å²) in [5.74, 6) is 0. The van der Waals surface area contributed by atoms with E-state index in [-0.39, 0.29) is 119 Å². The standard InChI is InChI=1S/18CN.7Fe/c18*1-2;;;;;;;. The summed E-state index contributed by atoms with van der Waals surface area (Å²) < 4.78 is 0. The van der Waals surface area contributed by atoms with Gasteiger partial charge in [0.25, 0.3) is 0 Å². The summed E-state index contributed by atoms with van der Waals surface area (Å²) in [5, 5.41) is 112. The zero-order valence-electron chi connectivity index (χ0n) is 19.5. The molecule has 0 aliphatic carbocycles. The Labute approximate surface area is 329 Å². The molecule has 0 amide bonds. The molecule has 0 atom stereocenters. The maximum Gasteiger partial charge on any atom is 0.181 e. The van der Waals surface area contributed by atoms with Gasteiger partial charge in [-0.05, 0) is 0 Å². The van der Waals surface area contributed by atoms with Gasteiger partial charge < -0.3 is 0 Å². The maximum atomic E-state index is 6.25. The minimum atomic E-state index is 0. The van der Waals surface area contributed by atoms with Crippen molar-refractivity contribution in [1.29, 1.82) is 94.7 Å². The van der Waals surface area contributed by atoms with Gasteiger partial charge in [0.2, 0.25) is 0 Å². The quantitative estimate of drug-likeness (QED) is 0.313. The van der Waals surface area contributed by atoms with E-state index < -0.39 is 0 Å². The molecule has 0 aromatic rings. The normalized spacial score (nSPS) is 0.837. The first-order chi connectivity index (χ1) is 18.0. The molecule has 0 rings (SSSR count). The van der Waals surface area contributed by atoms with E-state index in [9.17, 15) is 0 Å². The molecule has 0 saturated carbocycles. The van der Waals surface area contributed by atoms with Crippen LogP contribution in [0.5, 0.6) is 0 Å². The van der Waals surface area contributed by atoms with Crippen LogP contribution < -0.4 is 0 Å². The van der Waals surface area contributed by atoms with E-state index in [1.165, 1.54) is 0 Å². The van der Waals surface area contributed by atoms with Crippen LogP contribution in [-0.2, 0) is 119 Å². The van der Waals surface area contributed by atoms with Gasteiger partial charge in [-0.15, -0.1) is 0 Å². The van der Waals surface area contributed by atoms with E-state index in [4.69, 9.17) is 213 Å². The first-order valence-electron chi connectivity index (χ1n) is 4.02. The Morgan fingerprint density at radius 3 is 0.0930 bits per heavy atom. The molecule has 43 heavy (non-hydrogen) atoms. The molecular formula is C18Fe7N18. The zero-order chi connectivity index (χ0) is 36.0. The van der Waals surface area contributed by atoms with Gasteiger partial charge >= 0.3 is 0 Å². The molecule has 0 aliphatic heterocycles. The molecule has 0 bridgehead atoms. The van der Waals surface area contributed by atoms with E-state index in [1.807, 2.05) is 0 Å². The topological polar surface area (TPSA) is 428 Å². The van der Waals surface area contributed by atoms with E-state index in [0.717, 1.165) is 0 Å². The Hall–Kier alpha value is -5.54. The monoisotopic (exact) mass is 860 g/mol. The van der Waals surface area contributed by atoms with Gasteiger partial charge in [0.15, 0.2) is 118 Å². The summed E-state index contributed by atoms with van der Waals surface area (Å²) in [6.45, 7) is 85.5. The SMILES string of the molecule is [C]#N.[C]#N.[C]#N.[C]#N.[C]#N.[C]#N.[C]#N.[C]#N.[C]#N.[C]#N.[C]#N.[C]#N.[C]#N.[C]#N.[C]#N.[C]#N.[C]#N.[C]#N.[Fe].[Fe].[Fe].[Fe].[Fe].[Fe].[Fe]. The van der Waals surface area contributed by atoms with Crippen molar-refractivity contribution in [1.82, 2.24) is 0 Å². The number of nitrogens with zero attached hydrogens (tertiary/aromatic N) is 18. The second kappa shape index (κ2) is 1490. The fourth-order valence-electron chi connectivity index (χ4n) is 0. The summed E-state index contributed by atoms with van der Waals surface area (Å²) in [7, 11) is 0. The van der Waals surface area contributed by atoms with Crippen molar-refractivity contribution in [2.24, 2.45) is 0 Å². The van der Waals surface area contributed by atoms with Crippen molar-refractivity contribution in [2.75, 3.05) is 0 Å². The van der Waals surface area contributed by atoms with Gasteiger partial charge in [0.05, 0.1) is 0 Å². The van der Waals surface area contributed by atoms with Crippen LogP contribution >= 0.6 is 0 Å². The third-order valence-corrected chi connectivity index (χ3v) is 0. The first-order valence-corrected chi connectivity index (χ1v) is 4.02. The van der Waals surface area contributed by atoms with Crippen LogP contribution in [-0.4, -0.2) is 0 Å².